The number of hydrogen-bond acceptors (Lipinski definition) is 7. The van der Waals surface area contributed by atoms with Gasteiger partial charge in [-0.3, -0.25) is 14.4 Å². The van der Waals surface area contributed by atoms with Crippen molar-refractivity contribution in [1.29, 1.82) is 0 Å². The number of carbonyl (C=O) groups excluding carboxylic acids is 3. The number of benzene rings is 3. The molecule has 0 radical (unpaired) electrons. The van der Waals surface area contributed by atoms with Crippen LogP contribution in [-0.4, -0.2) is 75.7 Å². The maximum absolute atomic E-state index is 14.1. The highest BCUT2D eigenvalue weighted by molar-refractivity contribution is 5.95. The van der Waals surface area contributed by atoms with Gasteiger partial charge in [-0.2, -0.15) is 5.10 Å². The summed E-state index contributed by atoms with van der Waals surface area (Å²) in [5.41, 5.74) is 3.23. The van der Waals surface area contributed by atoms with Crippen molar-refractivity contribution in [2.45, 2.75) is 32.9 Å². The van der Waals surface area contributed by atoms with E-state index >= 15 is 0 Å². The van der Waals surface area contributed by atoms with E-state index in [1.54, 1.807) is 35.9 Å². The molecule has 0 saturated carbocycles. The molecule has 13 heteroatoms. The highest BCUT2D eigenvalue weighted by atomic mass is 19.1. The number of nitrogens with one attached hydrogen (secondary N) is 3. The molecule has 6 rings (SSSR count). The zero-order chi connectivity index (χ0) is 33.8. The Bertz CT molecular complexity index is 1970. The fraction of sp³-hybridized carbons (Fsp3) is 0.286. The molecule has 5 aromatic rings. The van der Waals surface area contributed by atoms with Gasteiger partial charge in [0.05, 0.1) is 32.7 Å². The standard InChI is InChI=1S/C35H36FN7O5/c1-21-26(27-18-25(36)10-11-28(27)38-21)19-32(45)42-14-13-37-35(46)24-9-12-29(47-3)30(17-24)48-16-15-43-34(22(2)39-31(44)20-42)40-33(41-43)23-7-5-4-6-8-23/h4-12,17-18,22,38H,13-16,19-20H2,1-3H3,(H,37,46)(H,39,44)/t22-/m1/s1. The second-order valence-electron chi connectivity index (χ2n) is 11.6. The molecule has 48 heavy (non-hydrogen) atoms. The highest BCUT2D eigenvalue weighted by Crippen LogP contribution is 2.29. The first-order valence-electron chi connectivity index (χ1n) is 15.6. The summed E-state index contributed by atoms with van der Waals surface area (Å²) in [6.07, 6.45) is -0.0694. The normalized spacial score (nSPS) is 16.0. The molecule has 1 aliphatic heterocycles. The number of hydrogen-bond donors (Lipinski definition) is 3. The molecule has 1 atom stereocenters. The zero-order valence-electron chi connectivity index (χ0n) is 26.9. The van der Waals surface area contributed by atoms with Crippen LogP contribution in [0.25, 0.3) is 22.3 Å². The van der Waals surface area contributed by atoms with Crippen LogP contribution >= 0.6 is 0 Å². The average Bonchev–Trinajstić information content (AvgIpc) is 3.64. The predicted octanol–water partition coefficient (Wildman–Crippen LogP) is 3.95. The van der Waals surface area contributed by atoms with Crippen molar-refractivity contribution in [3.63, 3.8) is 0 Å². The minimum atomic E-state index is -0.577. The molecular weight excluding hydrogens is 617 g/mol. The molecule has 0 unspecified atom stereocenters. The number of aromatic nitrogens is 4. The summed E-state index contributed by atoms with van der Waals surface area (Å²) in [5.74, 6) is 0.251. The molecule has 0 aliphatic carbocycles. The van der Waals surface area contributed by atoms with Gasteiger partial charge in [-0.15, -0.1) is 0 Å². The Balaban J connectivity index is 1.31. The minimum Gasteiger partial charge on any atom is -0.493 e. The lowest BCUT2D eigenvalue weighted by molar-refractivity contribution is -0.135. The lowest BCUT2D eigenvalue weighted by Crippen LogP contribution is -2.45. The van der Waals surface area contributed by atoms with E-state index in [0.717, 1.165) is 11.3 Å². The van der Waals surface area contributed by atoms with E-state index in [4.69, 9.17) is 19.6 Å². The van der Waals surface area contributed by atoms with Gasteiger partial charge in [-0.1, -0.05) is 30.3 Å². The maximum Gasteiger partial charge on any atom is 0.251 e. The third kappa shape index (κ3) is 6.99. The predicted molar refractivity (Wildman–Crippen MR) is 176 cm³/mol. The Labute approximate surface area is 276 Å². The molecule has 0 saturated heterocycles. The number of methoxy groups -OCH3 is 1. The van der Waals surface area contributed by atoms with E-state index in [-0.39, 0.29) is 51.0 Å². The molecule has 0 spiro atoms. The largest absolute Gasteiger partial charge is 0.493 e. The molecule has 3 amide bonds. The second-order valence-corrected chi connectivity index (χ2v) is 11.6. The summed E-state index contributed by atoms with van der Waals surface area (Å²) in [7, 11) is 1.52. The molecule has 2 aromatic heterocycles. The van der Waals surface area contributed by atoms with E-state index in [9.17, 15) is 18.8 Å². The minimum absolute atomic E-state index is 0.0516. The van der Waals surface area contributed by atoms with Gasteiger partial charge in [-0.25, -0.2) is 14.1 Å². The number of carbonyl (C=O) groups is 3. The number of ether oxygens (including phenoxy) is 2. The fourth-order valence-electron chi connectivity index (χ4n) is 5.79. The monoisotopic (exact) mass is 653 g/mol. The summed E-state index contributed by atoms with van der Waals surface area (Å²) in [4.78, 5) is 49.7. The highest BCUT2D eigenvalue weighted by Gasteiger charge is 2.24. The van der Waals surface area contributed by atoms with Crippen molar-refractivity contribution < 1.29 is 28.2 Å². The second kappa shape index (κ2) is 14.0. The van der Waals surface area contributed by atoms with Gasteiger partial charge in [0.2, 0.25) is 11.8 Å². The maximum atomic E-state index is 14.1. The van der Waals surface area contributed by atoms with Crippen LogP contribution in [0, 0.1) is 12.7 Å². The lowest BCUT2D eigenvalue weighted by atomic mass is 10.1. The van der Waals surface area contributed by atoms with Crippen molar-refractivity contribution in [1.82, 2.24) is 35.3 Å². The van der Waals surface area contributed by atoms with Crippen molar-refractivity contribution >= 4 is 28.6 Å². The van der Waals surface area contributed by atoms with Gasteiger partial charge in [0, 0.05) is 40.8 Å². The number of aromatic amines is 1. The summed E-state index contributed by atoms with van der Waals surface area (Å²) < 4.78 is 27.3. The first-order chi connectivity index (χ1) is 23.2. The van der Waals surface area contributed by atoms with Gasteiger partial charge in [-0.05, 0) is 55.8 Å². The molecule has 2 bridgehead atoms. The molecule has 1 aliphatic rings. The molecule has 3 heterocycles. The Kier molecular flexibility index (Phi) is 9.37. The summed E-state index contributed by atoms with van der Waals surface area (Å²) in [6, 6.07) is 18.1. The van der Waals surface area contributed by atoms with Crippen molar-refractivity contribution in [2.75, 3.05) is 33.4 Å². The number of amides is 3. The first kappa shape index (κ1) is 32.2. The fourth-order valence-corrected chi connectivity index (χ4v) is 5.79. The Morgan fingerprint density at radius 1 is 1.06 bits per heavy atom. The smallest absolute Gasteiger partial charge is 0.251 e. The zero-order valence-corrected chi connectivity index (χ0v) is 26.9. The molecule has 248 valence electrons. The Morgan fingerprint density at radius 2 is 1.88 bits per heavy atom. The van der Waals surface area contributed by atoms with Crippen LogP contribution in [0.1, 0.15) is 40.4 Å². The Hall–Kier alpha value is -5.72. The van der Waals surface area contributed by atoms with E-state index in [1.165, 1.54) is 24.1 Å². The van der Waals surface area contributed by atoms with Crippen molar-refractivity contribution in [3.05, 3.63) is 95.2 Å². The summed E-state index contributed by atoms with van der Waals surface area (Å²) in [5, 5.41) is 11.1. The van der Waals surface area contributed by atoms with E-state index in [0.29, 0.717) is 45.2 Å². The van der Waals surface area contributed by atoms with Crippen LogP contribution < -0.4 is 20.1 Å². The van der Waals surface area contributed by atoms with E-state index in [2.05, 4.69) is 15.6 Å². The van der Waals surface area contributed by atoms with Crippen molar-refractivity contribution in [2.24, 2.45) is 0 Å². The van der Waals surface area contributed by atoms with Crippen LogP contribution in [0.5, 0.6) is 11.5 Å². The topological polar surface area (TPSA) is 143 Å². The number of halogens is 1. The van der Waals surface area contributed by atoms with Crippen LogP contribution in [0.3, 0.4) is 0 Å². The van der Waals surface area contributed by atoms with Crippen LogP contribution in [0.15, 0.2) is 66.7 Å². The van der Waals surface area contributed by atoms with Crippen LogP contribution in [-0.2, 0) is 22.6 Å². The molecular formula is C35H36FN7O5. The van der Waals surface area contributed by atoms with Crippen LogP contribution in [0.2, 0.25) is 0 Å². The van der Waals surface area contributed by atoms with Gasteiger partial charge in [0.25, 0.3) is 5.91 Å². The van der Waals surface area contributed by atoms with Crippen LogP contribution in [0.4, 0.5) is 4.39 Å². The average molecular weight is 654 g/mol. The number of H-pyrrole nitrogens is 1. The third-order valence-electron chi connectivity index (χ3n) is 8.25. The quantitative estimate of drug-likeness (QED) is 0.267. The molecule has 3 N–H and O–H groups in total. The molecule has 3 aromatic carbocycles. The summed E-state index contributed by atoms with van der Waals surface area (Å²) >= 11 is 0. The van der Waals surface area contributed by atoms with E-state index in [1.807, 2.05) is 37.3 Å². The SMILES string of the molecule is COc1ccc2cc1OCCn1nc(-c3ccccc3)nc1[C@@H](C)NC(=O)CN(C(=O)Cc1c(C)[nH]c3ccc(F)cc13)CCNC2=O. The third-order valence-corrected chi connectivity index (χ3v) is 8.25. The number of aryl methyl sites for hydroxylation is 1. The van der Waals surface area contributed by atoms with Crippen molar-refractivity contribution in [3.8, 4) is 22.9 Å². The molecule has 12 nitrogen and oxygen atoms in total. The summed E-state index contributed by atoms with van der Waals surface area (Å²) in [6.45, 7) is 3.92. The number of nitrogens with zero attached hydrogens (tertiary/aromatic N) is 4. The number of rotatable bonds is 4. The van der Waals surface area contributed by atoms with Gasteiger partial charge >= 0.3 is 0 Å². The Morgan fingerprint density at radius 3 is 2.67 bits per heavy atom. The molecule has 0 fully saturated rings. The van der Waals surface area contributed by atoms with Gasteiger partial charge in [0.1, 0.15) is 18.2 Å². The van der Waals surface area contributed by atoms with Gasteiger partial charge in [0.15, 0.2) is 17.3 Å². The number of fused-ring (bicyclic) bond motifs is 4. The van der Waals surface area contributed by atoms with Gasteiger partial charge < -0.3 is 30.0 Å². The first-order valence-corrected chi connectivity index (χ1v) is 15.6. The lowest BCUT2D eigenvalue weighted by Gasteiger charge is -2.24. The van der Waals surface area contributed by atoms with E-state index < -0.39 is 17.8 Å².